The van der Waals surface area contributed by atoms with Crippen molar-refractivity contribution in [2.45, 2.75) is 31.2 Å². The number of hydrogen-bond acceptors (Lipinski definition) is 5. The first-order chi connectivity index (χ1) is 12.3. The molecule has 0 N–H and O–H groups in total. The largest absolute Gasteiger partial charge is 0.329 e. The van der Waals surface area contributed by atoms with E-state index in [0.717, 1.165) is 37.8 Å². The lowest BCUT2D eigenvalue weighted by Gasteiger charge is -2.28. The molecule has 0 atom stereocenters. The maximum atomic E-state index is 4.64. The van der Waals surface area contributed by atoms with E-state index < -0.39 is 0 Å². The van der Waals surface area contributed by atoms with Crippen LogP contribution in [0.15, 0.2) is 54.2 Å². The lowest BCUT2D eigenvalue weighted by Crippen LogP contribution is -2.31. The fraction of sp³-hybridized carbons (Fsp3) is 0.316. The summed E-state index contributed by atoms with van der Waals surface area (Å²) in [6, 6.07) is 10.5. The molecule has 25 heavy (non-hydrogen) atoms. The van der Waals surface area contributed by atoms with E-state index in [1.165, 1.54) is 22.5 Å². The van der Waals surface area contributed by atoms with Crippen LogP contribution in [-0.4, -0.2) is 37.2 Å². The van der Waals surface area contributed by atoms with E-state index in [2.05, 4.69) is 48.7 Å². The predicted molar refractivity (Wildman–Crippen MR) is 99.4 cm³/mol. The van der Waals surface area contributed by atoms with Gasteiger partial charge < -0.3 is 4.57 Å². The van der Waals surface area contributed by atoms with E-state index in [9.17, 15) is 0 Å². The van der Waals surface area contributed by atoms with Crippen LogP contribution in [0.1, 0.15) is 22.5 Å². The maximum absolute atomic E-state index is 4.64. The van der Waals surface area contributed by atoms with Gasteiger partial charge in [-0.2, -0.15) is 0 Å². The summed E-state index contributed by atoms with van der Waals surface area (Å²) >= 11 is 1.60. The number of imidazole rings is 1. The van der Waals surface area contributed by atoms with Gasteiger partial charge in [-0.1, -0.05) is 42.1 Å². The summed E-state index contributed by atoms with van der Waals surface area (Å²) in [5, 5.41) is 0.869. The second kappa shape index (κ2) is 7.37. The molecule has 3 heterocycles. The topological polar surface area (TPSA) is 46.8 Å². The Labute approximate surface area is 152 Å². The normalized spacial score (nSPS) is 14.4. The minimum atomic E-state index is 0.862. The molecule has 0 saturated heterocycles. The van der Waals surface area contributed by atoms with Gasteiger partial charge in [0.15, 0.2) is 5.16 Å². The highest BCUT2D eigenvalue weighted by Gasteiger charge is 2.19. The van der Waals surface area contributed by atoms with Crippen molar-refractivity contribution in [1.29, 1.82) is 0 Å². The van der Waals surface area contributed by atoms with Crippen LogP contribution in [-0.2, 0) is 26.1 Å². The summed E-state index contributed by atoms with van der Waals surface area (Å²) in [6.07, 6.45) is 8.89. The summed E-state index contributed by atoms with van der Waals surface area (Å²) < 4.78 is 2.23. The molecule has 0 radical (unpaired) electrons. The van der Waals surface area contributed by atoms with Crippen molar-refractivity contribution < 1.29 is 0 Å². The minimum Gasteiger partial charge on any atom is -0.329 e. The second-order valence-corrected chi connectivity index (χ2v) is 7.06. The number of aromatic nitrogens is 4. The van der Waals surface area contributed by atoms with Gasteiger partial charge in [0.2, 0.25) is 0 Å². The van der Waals surface area contributed by atoms with E-state index in [4.69, 9.17) is 0 Å². The van der Waals surface area contributed by atoms with Gasteiger partial charge in [0.25, 0.3) is 0 Å². The van der Waals surface area contributed by atoms with Crippen LogP contribution >= 0.6 is 11.8 Å². The van der Waals surface area contributed by atoms with Crippen molar-refractivity contribution in [1.82, 2.24) is 24.4 Å². The Morgan fingerprint density at radius 2 is 2.00 bits per heavy atom. The molecule has 0 fully saturated rings. The quantitative estimate of drug-likeness (QED) is 0.522. The average molecular weight is 351 g/mol. The SMILES string of the molecule is CSc1ncc2c(n1)CCN(Cc1cncn1Cc1ccccc1)C2. The Morgan fingerprint density at radius 3 is 2.84 bits per heavy atom. The van der Waals surface area contributed by atoms with Gasteiger partial charge in [-0.15, -0.1) is 0 Å². The van der Waals surface area contributed by atoms with Gasteiger partial charge >= 0.3 is 0 Å². The van der Waals surface area contributed by atoms with Crippen molar-refractivity contribution in [3.8, 4) is 0 Å². The highest BCUT2D eigenvalue weighted by molar-refractivity contribution is 7.98. The van der Waals surface area contributed by atoms with Gasteiger partial charge in [0.05, 0.1) is 17.7 Å². The molecule has 0 spiro atoms. The summed E-state index contributed by atoms with van der Waals surface area (Å²) in [5.74, 6) is 0. The van der Waals surface area contributed by atoms with Crippen LogP contribution in [0.2, 0.25) is 0 Å². The number of nitrogens with zero attached hydrogens (tertiary/aromatic N) is 5. The predicted octanol–water partition coefficient (Wildman–Crippen LogP) is 3.00. The first-order valence-electron chi connectivity index (χ1n) is 8.46. The van der Waals surface area contributed by atoms with Gasteiger partial charge in [0, 0.05) is 50.6 Å². The third-order valence-electron chi connectivity index (χ3n) is 4.55. The summed E-state index contributed by atoms with van der Waals surface area (Å²) in [7, 11) is 0. The first kappa shape index (κ1) is 16.3. The third-order valence-corrected chi connectivity index (χ3v) is 5.12. The standard InChI is InChI=1S/C19H21N5S/c1-25-19-21-9-16-12-23(8-7-18(16)22-19)13-17-10-20-14-24(17)11-15-5-3-2-4-6-15/h2-6,9-10,14H,7-8,11-13H2,1H3. The molecule has 2 aromatic heterocycles. The number of benzene rings is 1. The maximum Gasteiger partial charge on any atom is 0.187 e. The van der Waals surface area contributed by atoms with Gasteiger partial charge in [0.1, 0.15) is 0 Å². The molecule has 0 unspecified atom stereocenters. The molecule has 0 saturated carbocycles. The molecule has 1 aromatic carbocycles. The van der Waals surface area contributed by atoms with Crippen molar-refractivity contribution in [2.75, 3.05) is 12.8 Å². The van der Waals surface area contributed by atoms with Crippen molar-refractivity contribution in [3.05, 3.63) is 71.6 Å². The smallest absolute Gasteiger partial charge is 0.187 e. The van der Waals surface area contributed by atoms with Gasteiger partial charge in [-0.25, -0.2) is 15.0 Å². The van der Waals surface area contributed by atoms with E-state index in [0.29, 0.717) is 0 Å². The Balaban J connectivity index is 1.46. The molecule has 4 rings (SSSR count). The zero-order valence-corrected chi connectivity index (χ0v) is 15.1. The second-order valence-electron chi connectivity index (χ2n) is 6.29. The molecule has 0 aliphatic carbocycles. The Hall–Kier alpha value is -2.18. The monoisotopic (exact) mass is 351 g/mol. The molecule has 6 heteroatoms. The lowest BCUT2D eigenvalue weighted by molar-refractivity contribution is 0.236. The number of thioether (sulfide) groups is 1. The third kappa shape index (κ3) is 3.75. The van der Waals surface area contributed by atoms with Crippen molar-refractivity contribution in [2.24, 2.45) is 0 Å². The number of fused-ring (bicyclic) bond motifs is 1. The zero-order valence-electron chi connectivity index (χ0n) is 14.3. The molecule has 1 aliphatic rings. The van der Waals surface area contributed by atoms with Crippen molar-refractivity contribution >= 4 is 11.8 Å². The van der Waals surface area contributed by atoms with Crippen LogP contribution < -0.4 is 0 Å². The fourth-order valence-corrected chi connectivity index (χ4v) is 3.58. The molecule has 1 aliphatic heterocycles. The molecule has 0 bridgehead atoms. The molecule has 0 amide bonds. The minimum absolute atomic E-state index is 0.862. The van der Waals surface area contributed by atoms with Crippen molar-refractivity contribution in [3.63, 3.8) is 0 Å². The zero-order chi connectivity index (χ0) is 17.1. The summed E-state index contributed by atoms with van der Waals surface area (Å²) in [4.78, 5) is 15.9. The van der Waals surface area contributed by atoms with Crippen LogP contribution in [0.3, 0.4) is 0 Å². The molecule has 3 aromatic rings. The number of rotatable bonds is 5. The molecular weight excluding hydrogens is 330 g/mol. The van der Waals surface area contributed by atoms with Crippen LogP contribution in [0.25, 0.3) is 0 Å². The molecular formula is C19H21N5S. The van der Waals surface area contributed by atoms with E-state index in [1.807, 2.05) is 31.0 Å². The Kier molecular flexibility index (Phi) is 4.81. The van der Waals surface area contributed by atoms with E-state index in [1.54, 1.807) is 11.8 Å². The van der Waals surface area contributed by atoms with E-state index in [-0.39, 0.29) is 0 Å². The Morgan fingerprint density at radius 1 is 1.12 bits per heavy atom. The highest BCUT2D eigenvalue weighted by atomic mass is 32.2. The molecule has 128 valence electrons. The summed E-state index contributed by atoms with van der Waals surface area (Å²) in [6.45, 7) is 3.69. The lowest BCUT2D eigenvalue weighted by atomic mass is 10.1. The average Bonchev–Trinajstić information content (AvgIpc) is 3.08. The van der Waals surface area contributed by atoms with Gasteiger partial charge in [-0.05, 0) is 11.8 Å². The van der Waals surface area contributed by atoms with Crippen LogP contribution in [0.4, 0.5) is 0 Å². The van der Waals surface area contributed by atoms with Gasteiger partial charge in [-0.3, -0.25) is 4.90 Å². The van der Waals surface area contributed by atoms with Crippen LogP contribution in [0.5, 0.6) is 0 Å². The first-order valence-corrected chi connectivity index (χ1v) is 9.68. The number of hydrogen-bond donors (Lipinski definition) is 0. The Bertz CT molecular complexity index is 846. The highest BCUT2D eigenvalue weighted by Crippen LogP contribution is 2.21. The van der Waals surface area contributed by atoms with E-state index >= 15 is 0 Å². The fourth-order valence-electron chi connectivity index (χ4n) is 3.22. The summed E-state index contributed by atoms with van der Waals surface area (Å²) in [5.41, 5.74) is 4.99. The molecule has 5 nitrogen and oxygen atoms in total. The van der Waals surface area contributed by atoms with Crippen LogP contribution in [0, 0.1) is 0 Å².